The quantitative estimate of drug-likeness (QED) is 0.723. The lowest BCUT2D eigenvalue weighted by atomic mass is 10.2. The number of rotatable bonds is 6. The van der Waals surface area contributed by atoms with E-state index in [0.29, 0.717) is 6.04 Å². The van der Waals surface area contributed by atoms with Gasteiger partial charge in [-0.15, -0.1) is 0 Å². The van der Waals surface area contributed by atoms with Crippen LogP contribution in [0.15, 0.2) is 0 Å². The molecule has 5 heteroatoms. The maximum atomic E-state index is 5.19. The van der Waals surface area contributed by atoms with Gasteiger partial charge < -0.3 is 10.1 Å². The second-order valence-corrected chi connectivity index (χ2v) is 4.12. The molecular formula is C10H18N4O. The molecule has 2 N–H and O–H groups in total. The van der Waals surface area contributed by atoms with Crippen molar-refractivity contribution in [3.63, 3.8) is 0 Å². The molecular weight excluding hydrogens is 192 g/mol. The summed E-state index contributed by atoms with van der Waals surface area (Å²) in [7, 11) is 1.74. The molecule has 1 aliphatic rings. The lowest BCUT2D eigenvalue weighted by Gasteiger charge is -2.15. The van der Waals surface area contributed by atoms with Crippen molar-refractivity contribution in [3.05, 3.63) is 11.6 Å². The Hall–Kier alpha value is -0.940. The fourth-order valence-corrected chi connectivity index (χ4v) is 1.73. The van der Waals surface area contributed by atoms with Gasteiger partial charge in [-0.05, 0) is 25.7 Å². The first-order chi connectivity index (χ1) is 7.29. The molecule has 0 radical (unpaired) electrons. The Labute approximate surface area is 89.6 Å². The summed E-state index contributed by atoms with van der Waals surface area (Å²) < 4.78 is 5.19. The van der Waals surface area contributed by atoms with Gasteiger partial charge >= 0.3 is 0 Å². The molecule has 1 aliphatic carbocycles. The lowest BCUT2D eigenvalue weighted by Crippen LogP contribution is -2.34. The molecule has 15 heavy (non-hydrogen) atoms. The van der Waals surface area contributed by atoms with Crippen molar-refractivity contribution < 1.29 is 4.74 Å². The molecule has 1 atom stereocenters. The molecule has 0 aromatic carbocycles. The molecule has 1 heterocycles. The Kier molecular flexibility index (Phi) is 3.33. The van der Waals surface area contributed by atoms with Crippen LogP contribution in [0.2, 0.25) is 0 Å². The molecule has 1 saturated carbocycles. The van der Waals surface area contributed by atoms with E-state index in [9.17, 15) is 0 Å². The van der Waals surface area contributed by atoms with E-state index in [1.54, 1.807) is 7.11 Å². The molecule has 1 unspecified atom stereocenters. The highest BCUT2D eigenvalue weighted by Crippen LogP contribution is 2.32. The van der Waals surface area contributed by atoms with Crippen LogP contribution in [0.4, 0.5) is 0 Å². The Morgan fingerprint density at radius 2 is 2.40 bits per heavy atom. The van der Waals surface area contributed by atoms with Gasteiger partial charge in [-0.1, -0.05) is 0 Å². The number of nitrogens with one attached hydrogen (secondary N) is 2. The van der Waals surface area contributed by atoms with Gasteiger partial charge in [0.15, 0.2) is 5.82 Å². The molecule has 2 rings (SSSR count). The van der Waals surface area contributed by atoms with Crippen LogP contribution in [0.25, 0.3) is 0 Å². The molecule has 0 spiro atoms. The average Bonchev–Trinajstić information content (AvgIpc) is 2.97. The molecule has 1 aromatic rings. The predicted octanol–water partition coefficient (Wildman–Crippen LogP) is 0.628. The molecule has 0 bridgehead atoms. The van der Waals surface area contributed by atoms with E-state index < -0.39 is 0 Å². The first-order valence-electron chi connectivity index (χ1n) is 5.40. The molecule has 5 nitrogen and oxygen atoms in total. The van der Waals surface area contributed by atoms with Gasteiger partial charge in [0, 0.05) is 13.2 Å². The molecule has 0 amide bonds. The summed E-state index contributed by atoms with van der Waals surface area (Å²) in [6.07, 6.45) is 2.63. The van der Waals surface area contributed by atoms with Gasteiger partial charge in [0.05, 0.1) is 13.2 Å². The molecule has 0 aliphatic heterocycles. The van der Waals surface area contributed by atoms with Crippen LogP contribution in [-0.4, -0.2) is 34.9 Å². The van der Waals surface area contributed by atoms with E-state index in [4.69, 9.17) is 4.74 Å². The van der Waals surface area contributed by atoms with Crippen LogP contribution in [0.1, 0.15) is 24.5 Å². The molecule has 84 valence electrons. The second-order valence-electron chi connectivity index (χ2n) is 4.12. The van der Waals surface area contributed by atoms with Crippen molar-refractivity contribution in [2.75, 3.05) is 13.7 Å². The van der Waals surface area contributed by atoms with Crippen LogP contribution in [0, 0.1) is 12.8 Å². The summed E-state index contributed by atoms with van der Waals surface area (Å²) >= 11 is 0. The minimum absolute atomic E-state index is 0.453. The largest absolute Gasteiger partial charge is 0.383 e. The number of aryl methyl sites for hydroxylation is 1. The predicted molar refractivity (Wildman–Crippen MR) is 56.3 cm³/mol. The summed E-state index contributed by atoms with van der Waals surface area (Å²) in [5, 5.41) is 10.4. The standard InChI is InChI=1S/C10H18N4O/c1-7-12-10(14-13-7)5-11-9(6-15-2)8-3-4-8/h8-9,11H,3-6H2,1-2H3,(H,12,13,14). The highest BCUT2D eigenvalue weighted by Gasteiger charge is 2.30. The highest BCUT2D eigenvalue weighted by molar-refractivity contribution is 4.91. The number of aromatic amines is 1. The summed E-state index contributed by atoms with van der Waals surface area (Å²) in [5.74, 6) is 2.47. The summed E-state index contributed by atoms with van der Waals surface area (Å²) in [6.45, 7) is 3.40. The number of nitrogens with zero attached hydrogens (tertiary/aromatic N) is 2. The normalized spacial score (nSPS) is 18.0. The lowest BCUT2D eigenvalue weighted by molar-refractivity contribution is 0.156. The smallest absolute Gasteiger partial charge is 0.164 e. The zero-order valence-corrected chi connectivity index (χ0v) is 9.29. The topological polar surface area (TPSA) is 62.8 Å². The third-order valence-electron chi connectivity index (χ3n) is 2.70. The summed E-state index contributed by atoms with van der Waals surface area (Å²) in [4.78, 5) is 4.25. The first kappa shape index (κ1) is 10.6. The van der Waals surface area contributed by atoms with E-state index in [2.05, 4.69) is 20.5 Å². The van der Waals surface area contributed by atoms with E-state index in [-0.39, 0.29) is 0 Å². The highest BCUT2D eigenvalue weighted by atomic mass is 16.5. The maximum absolute atomic E-state index is 5.19. The number of hydrogen-bond acceptors (Lipinski definition) is 4. The van der Waals surface area contributed by atoms with E-state index in [1.807, 2.05) is 6.92 Å². The van der Waals surface area contributed by atoms with Crippen LogP contribution in [-0.2, 0) is 11.3 Å². The Morgan fingerprint density at radius 1 is 1.60 bits per heavy atom. The first-order valence-corrected chi connectivity index (χ1v) is 5.40. The molecule has 1 fully saturated rings. The average molecular weight is 210 g/mol. The third kappa shape index (κ3) is 3.00. The van der Waals surface area contributed by atoms with Gasteiger partial charge in [-0.2, -0.15) is 5.10 Å². The van der Waals surface area contributed by atoms with Crippen LogP contribution >= 0.6 is 0 Å². The second kappa shape index (κ2) is 4.72. The van der Waals surface area contributed by atoms with Gasteiger partial charge in [0.25, 0.3) is 0 Å². The van der Waals surface area contributed by atoms with E-state index >= 15 is 0 Å². The minimum Gasteiger partial charge on any atom is -0.383 e. The number of ether oxygens (including phenoxy) is 1. The summed E-state index contributed by atoms with van der Waals surface area (Å²) in [5.41, 5.74) is 0. The van der Waals surface area contributed by atoms with Gasteiger partial charge in [0.1, 0.15) is 5.82 Å². The third-order valence-corrected chi connectivity index (χ3v) is 2.70. The molecule has 1 aromatic heterocycles. The van der Waals surface area contributed by atoms with Crippen molar-refractivity contribution in [3.8, 4) is 0 Å². The number of aromatic nitrogens is 3. The number of H-pyrrole nitrogens is 1. The fraction of sp³-hybridized carbons (Fsp3) is 0.800. The number of methoxy groups -OCH3 is 1. The van der Waals surface area contributed by atoms with Crippen LogP contribution in [0.3, 0.4) is 0 Å². The Balaban J connectivity index is 1.79. The van der Waals surface area contributed by atoms with Gasteiger partial charge in [-0.25, -0.2) is 4.98 Å². The maximum Gasteiger partial charge on any atom is 0.164 e. The monoisotopic (exact) mass is 210 g/mol. The van der Waals surface area contributed by atoms with Crippen molar-refractivity contribution >= 4 is 0 Å². The fourth-order valence-electron chi connectivity index (χ4n) is 1.73. The minimum atomic E-state index is 0.453. The van der Waals surface area contributed by atoms with Crippen molar-refractivity contribution in [1.29, 1.82) is 0 Å². The van der Waals surface area contributed by atoms with Crippen molar-refractivity contribution in [1.82, 2.24) is 20.5 Å². The van der Waals surface area contributed by atoms with Crippen LogP contribution in [0.5, 0.6) is 0 Å². The van der Waals surface area contributed by atoms with Crippen molar-refractivity contribution in [2.45, 2.75) is 32.4 Å². The van der Waals surface area contributed by atoms with Gasteiger partial charge in [-0.3, -0.25) is 5.10 Å². The number of hydrogen-bond donors (Lipinski definition) is 2. The molecule has 0 saturated heterocycles. The Morgan fingerprint density at radius 3 is 2.93 bits per heavy atom. The Bertz CT molecular complexity index is 308. The van der Waals surface area contributed by atoms with Crippen LogP contribution < -0.4 is 5.32 Å². The van der Waals surface area contributed by atoms with E-state index in [1.165, 1.54) is 12.8 Å². The SMILES string of the molecule is COCC(NCc1n[nH]c(C)n1)C1CC1. The summed E-state index contributed by atoms with van der Waals surface area (Å²) in [6, 6.07) is 0.453. The zero-order valence-electron chi connectivity index (χ0n) is 9.29. The van der Waals surface area contributed by atoms with Crippen molar-refractivity contribution in [2.24, 2.45) is 5.92 Å². The zero-order chi connectivity index (χ0) is 10.7. The van der Waals surface area contributed by atoms with Gasteiger partial charge in [0.2, 0.25) is 0 Å². The van der Waals surface area contributed by atoms with E-state index in [0.717, 1.165) is 30.7 Å².